The third-order valence-electron chi connectivity index (χ3n) is 12.6. The molecule has 2 aliphatic carbocycles. The van der Waals surface area contributed by atoms with E-state index in [9.17, 15) is 0 Å². The van der Waals surface area contributed by atoms with E-state index in [1.807, 2.05) is 54.6 Å². The standard InChI is InChI=1S/C18H19N3O.C18H19N3.C17H18N4/c1-2-5-13(6-3-1)18-20-16-8-4-7-15(17(16)21-18)19-14-9-11-22-12-10-14;1-2-7-13(8-3-1)18-20-16-12-6-11-15(17(16)21-18)19-14-9-4-5-10-14;1-2-7-12(6-1)19-13-9-5-10-14-16(13)21-17(20-14)15-8-3-4-11-18-15/h1-8,14,19H,9-12H2,(H,20,21);1-3,6-8,11-12,14,19H,4-5,9-10H2,(H,20,21);3-5,8-12,19H,1-2,6-7H2,(H,20,21). The largest absolute Gasteiger partial charge is 0.381 e. The van der Waals surface area contributed by atoms with Gasteiger partial charge in [-0.25, -0.2) is 15.0 Å². The minimum atomic E-state index is 0.469. The molecule has 3 aliphatic rings. The number of ether oxygens (including phenoxy) is 1. The van der Waals surface area contributed by atoms with E-state index in [4.69, 9.17) is 19.7 Å². The van der Waals surface area contributed by atoms with Gasteiger partial charge in [0.1, 0.15) is 33.9 Å². The zero-order valence-corrected chi connectivity index (χ0v) is 36.2. The first-order valence-corrected chi connectivity index (χ1v) is 23.1. The second-order valence-corrected chi connectivity index (χ2v) is 17.1. The average molecular weight is 849 g/mol. The number of H-pyrrole nitrogens is 3. The molecule has 11 nitrogen and oxygen atoms in total. The third-order valence-corrected chi connectivity index (χ3v) is 12.6. The lowest BCUT2D eigenvalue weighted by Crippen LogP contribution is -2.27. The number of hydrogen-bond donors (Lipinski definition) is 6. The SMILES string of the molecule is c1ccc(-c2nc3c(NC4CCCC4)cccc3[nH]2)cc1.c1ccc(-c2nc3c(NC4CCCC4)cccc3[nH]2)nc1.c1ccc(-c2nc3c(NC4CCOCC4)cccc3[nH]2)cc1. The maximum absolute atomic E-state index is 5.43. The molecular weight excluding hydrogens is 793 g/mol. The number of benzene rings is 5. The Labute approximate surface area is 373 Å². The van der Waals surface area contributed by atoms with Crippen molar-refractivity contribution in [1.82, 2.24) is 34.9 Å². The minimum Gasteiger partial charge on any atom is -0.381 e. The molecule has 6 N–H and O–H groups in total. The van der Waals surface area contributed by atoms with Gasteiger partial charge >= 0.3 is 0 Å². The summed E-state index contributed by atoms with van der Waals surface area (Å²) in [5.41, 5.74) is 12.8. The van der Waals surface area contributed by atoms with Crippen molar-refractivity contribution in [2.75, 3.05) is 29.2 Å². The van der Waals surface area contributed by atoms with Crippen LogP contribution in [0.5, 0.6) is 0 Å². The third kappa shape index (κ3) is 9.65. The molecule has 324 valence electrons. The fourth-order valence-corrected chi connectivity index (χ4v) is 9.18. The molecule has 11 heteroatoms. The second kappa shape index (κ2) is 19.6. The van der Waals surface area contributed by atoms with Crippen LogP contribution in [0.4, 0.5) is 17.1 Å². The topological polar surface area (TPSA) is 144 Å². The summed E-state index contributed by atoms with van der Waals surface area (Å²) in [5.74, 6) is 2.68. The molecule has 5 aromatic carbocycles. The molecule has 12 rings (SSSR count). The highest BCUT2D eigenvalue weighted by Crippen LogP contribution is 2.31. The average Bonchev–Trinajstić information content (AvgIpc) is 4.22. The molecule has 0 bridgehead atoms. The van der Waals surface area contributed by atoms with Crippen molar-refractivity contribution >= 4 is 50.2 Å². The number of hydrogen-bond acceptors (Lipinski definition) is 8. The van der Waals surface area contributed by atoms with Crippen LogP contribution >= 0.6 is 0 Å². The van der Waals surface area contributed by atoms with Gasteiger partial charge in [-0.15, -0.1) is 0 Å². The fourth-order valence-electron chi connectivity index (χ4n) is 9.18. The summed E-state index contributed by atoms with van der Waals surface area (Å²) in [4.78, 5) is 28.9. The van der Waals surface area contributed by atoms with Crippen LogP contribution in [0.25, 0.3) is 67.4 Å². The van der Waals surface area contributed by atoms with Crippen molar-refractivity contribution in [2.24, 2.45) is 0 Å². The zero-order valence-electron chi connectivity index (χ0n) is 36.2. The molecule has 64 heavy (non-hydrogen) atoms. The lowest BCUT2D eigenvalue weighted by Gasteiger charge is -2.24. The van der Waals surface area contributed by atoms with E-state index in [1.54, 1.807) is 6.20 Å². The Hall–Kier alpha value is -6.98. The summed E-state index contributed by atoms with van der Waals surface area (Å²) < 4.78 is 5.43. The molecular formula is C53H56N10O. The monoisotopic (exact) mass is 848 g/mol. The lowest BCUT2D eigenvalue weighted by molar-refractivity contribution is 0.0905. The van der Waals surface area contributed by atoms with Crippen molar-refractivity contribution in [3.8, 4) is 34.3 Å². The van der Waals surface area contributed by atoms with Crippen molar-refractivity contribution < 1.29 is 4.74 Å². The lowest BCUT2D eigenvalue weighted by atomic mass is 10.1. The number of aromatic amines is 3. The van der Waals surface area contributed by atoms with Gasteiger partial charge in [-0.05, 0) is 87.1 Å². The van der Waals surface area contributed by atoms with E-state index >= 15 is 0 Å². The van der Waals surface area contributed by atoms with Crippen LogP contribution in [0.3, 0.4) is 0 Å². The zero-order chi connectivity index (χ0) is 42.9. The van der Waals surface area contributed by atoms with Gasteiger partial charge in [-0.1, -0.05) is 111 Å². The molecule has 2 saturated carbocycles. The van der Waals surface area contributed by atoms with Crippen LogP contribution in [-0.2, 0) is 4.74 Å². The molecule has 5 heterocycles. The Bertz CT molecular complexity index is 2740. The summed E-state index contributed by atoms with van der Waals surface area (Å²) in [5, 5.41) is 10.9. The van der Waals surface area contributed by atoms with Gasteiger partial charge < -0.3 is 35.6 Å². The predicted octanol–water partition coefficient (Wildman–Crippen LogP) is 12.4. The molecule has 0 spiro atoms. The van der Waals surface area contributed by atoms with Crippen LogP contribution < -0.4 is 16.0 Å². The molecule has 1 saturated heterocycles. The molecule has 0 atom stereocenters. The van der Waals surface area contributed by atoms with E-state index in [0.717, 1.165) is 111 Å². The first-order valence-electron chi connectivity index (χ1n) is 23.1. The maximum atomic E-state index is 5.43. The number of nitrogens with zero attached hydrogens (tertiary/aromatic N) is 4. The van der Waals surface area contributed by atoms with E-state index < -0.39 is 0 Å². The summed E-state index contributed by atoms with van der Waals surface area (Å²) in [6.07, 6.45) is 14.3. The molecule has 1 aliphatic heterocycles. The molecule has 3 fully saturated rings. The minimum absolute atomic E-state index is 0.469. The van der Waals surface area contributed by atoms with Gasteiger partial charge in [-0.3, -0.25) is 4.98 Å². The van der Waals surface area contributed by atoms with Crippen LogP contribution in [0, 0.1) is 0 Å². The van der Waals surface area contributed by atoms with Crippen molar-refractivity contribution in [1.29, 1.82) is 0 Å². The van der Waals surface area contributed by atoms with Gasteiger partial charge in [0, 0.05) is 48.7 Å². The fraction of sp³-hybridized carbons (Fsp3) is 0.283. The number of fused-ring (bicyclic) bond motifs is 3. The molecule has 9 aromatic rings. The van der Waals surface area contributed by atoms with Gasteiger partial charge in [0.25, 0.3) is 0 Å². The Morgan fingerprint density at radius 3 is 1.25 bits per heavy atom. The van der Waals surface area contributed by atoms with Crippen molar-refractivity contribution in [2.45, 2.75) is 82.3 Å². The highest BCUT2D eigenvalue weighted by Gasteiger charge is 2.19. The quantitative estimate of drug-likeness (QED) is 0.0842. The first kappa shape index (κ1) is 41.1. The van der Waals surface area contributed by atoms with E-state index in [-0.39, 0.29) is 0 Å². The van der Waals surface area contributed by atoms with Crippen LogP contribution in [-0.4, -0.2) is 66.2 Å². The number of rotatable bonds is 9. The molecule has 0 unspecified atom stereocenters. The van der Waals surface area contributed by atoms with Gasteiger partial charge in [0.2, 0.25) is 0 Å². The maximum Gasteiger partial charge on any atom is 0.157 e. The smallest absolute Gasteiger partial charge is 0.157 e. The van der Waals surface area contributed by atoms with E-state index in [0.29, 0.717) is 18.1 Å². The van der Waals surface area contributed by atoms with E-state index in [1.165, 1.54) is 51.4 Å². The summed E-state index contributed by atoms with van der Waals surface area (Å²) >= 11 is 0. The Morgan fingerprint density at radius 1 is 0.406 bits per heavy atom. The van der Waals surface area contributed by atoms with Gasteiger partial charge in [0.05, 0.1) is 33.6 Å². The van der Waals surface area contributed by atoms with Crippen LogP contribution in [0.2, 0.25) is 0 Å². The number of pyridine rings is 1. The first-order chi connectivity index (χ1) is 31.7. The molecule has 0 radical (unpaired) electrons. The molecule has 4 aromatic heterocycles. The summed E-state index contributed by atoms with van der Waals surface area (Å²) in [7, 11) is 0. The van der Waals surface area contributed by atoms with Crippen LogP contribution in [0.1, 0.15) is 64.2 Å². The summed E-state index contributed by atoms with van der Waals surface area (Å²) in [6.45, 7) is 1.67. The molecule has 0 amide bonds. The Kier molecular flexibility index (Phi) is 12.6. The number of para-hydroxylation sites is 3. The number of aromatic nitrogens is 7. The number of nitrogens with one attached hydrogen (secondary N) is 6. The predicted molar refractivity (Wildman–Crippen MR) is 262 cm³/mol. The van der Waals surface area contributed by atoms with Crippen molar-refractivity contribution in [3.05, 3.63) is 140 Å². The number of anilines is 3. The highest BCUT2D eigenvalue weighted by molar-refractivity contribution is 5.92. The summed E-state index contributed by atoms with van der Waals surface area (Å²) in [6, 6.07) is 46.8. The highest BCUT2D eigenvalue weighted by atomic mass is 16.5. The Balaban J connectivity index is 0.000000114. The van der Waals surface area contributed by atoms with Crippen LogP contribution in [0.15, 0.2) is 140 Å². The Morgan fingerprint density at radius 2 is 0.812 bits per heavy atom. The van der Waals surface area contributed by atoms with Gasteiger partial charge in [-0.2, -0.15) is 0 Å². The van der Waals surface area contributed by atoms with E-state index in [2.05, 4.69) is 115 Å². The second-order valence-electron chi connectivity index (χ2n) is 17.1. The van der Waals surface area contributed by atoms with Crippen molar-refractivity contribution in [3.63, 3.8) is 0 Å². The van der Waals surface area contributed by atoms with Gasteiger partial charge in [0.15, 0.2) is 5.82 Å². The normalized spacial score (nSPS) is 15.8. The number of imidazole rings is 3.